The van der Waals surface area contributed by atoms with Crippen LogP contribution in [0, 0.1) is 11.3 Å². The molecule has 0 spiro atoms. The zero-order chi connectivity index (χ0) is 8.98. The van der Waals surface area contributed by atoms with Gasteiger partial charge in [-0.3, -0.25) is 4.79 Å². The normalized spacial score (nSPS) is 30.8. The molecule has 1 N–H and O–H groups in total. The van der Waals surface area contributed by atoms with Gasteiger partial charge in [-0.2, -0.15) is 0 Å². The zero-order valence-electron chi connectivity index (χ0n) is 6.52. The standard InChI is InChI=1S/C8H10F2O2/c9-8(10)3-7(4-8,6(11)12)5-1-2-5/h5H,1-4H2,(H,11,12). The van der Waals surface area contributed by atoms with Crippen LogP contribution in [0.15, 0.2) is 0 Å². The predicted molar refractivity (Wildman–Crippen MR) is 37.0 cm³/mol. The van der Waals surface area contributed by atoms with Gasteiger partial charge in [0.2, 0.25) is 5.92 Å². The summed E-state index contributed by atoms with van der Waals surface area (Å²) in [5.74, 6) is -3.73. The van der Waals surface area contributed by atoms with Gasteiger partial charge in [-0.25, -0.2) is 8.78 Å². The Morgan fingerprint density at radius 2 is 1.83 bits per heavy atom. The molecule has 2 aliphatic carbocycles. The molecule has 0 aromatic rings. The summed E-state index contributed by atoms with van der Waals surface area (Å²) in [5, 5.41) is 8.79. The Hall–Kier alpha value is -0.670. The summed E-state index contributed by atoms with van der Waals surface area (Å²) in [6.45, 7) is 0. The topological polar surface area (TPSA) is 37.3 Å². The highest BCUT2D eigenvalue weighted by Crippen LogP contribution is 2.62. The number of hydrogen-bond acceptors (Lipinski definition) is 1. The lowest BCUT2D eigenvalue weighted by atomic mass is 9.63. The average Bonchev–Trinajstić information content (AvgIpc) is 2.61. The predicted octanol–water partition coefficient (Wildman–Crippen LogP) is 1.90. The monoisotopic (exact) mass is 176 g/mol. The van der Waals surface area contributed by atoms with E-state index in [1.807, 2.05) is 0 Å². The highest BCUT2D eigenvalue weighted by atomic mass is 19.3. The summed E-state index contributed by atoms with van der Waals surface area (Å²) in [5.41, 5.74) is -1.07. The van der Waals surface area contributed by atoms with Gasteiger partial charge >= 0.3 is 5.97 Å². The van der Waals surface area contributed by atoms with E-state index in [1.165, 1.54) is 0 Å². The summed E-state index contributed by atoms with van der Waals surface area (Å²) in [6, 6.07) is 0. The fraction of sp³-hybridized carbons (Fsp3) is 0.875. The Bertz CT molecular complexity index is 225. The van der Waals surface area contributed by atoms with Crippen molar-refractivity contribution in [3.63, 3.8) is 0 Å². The van der Waals surface area contributed by atoms with Crippen LogP contribution in [-0.2, 0) is 4.79 Å². The molecular formula is C8H10F2O2. The van der Waals surface area contributed by atoms with E-state index in [0.717, 1.165) is 12.8 Å². The molecule has 68 valence electrons. The molecule has 12 heavy (non-hydrogen) atoms. The third kappa shape index (κ3) is 0.934. The smallest absolute Gasteiger partial charge is 0.310 e. The van der Waals surface area contributed by atoms with Crippen LogP contribution in [-0.4, -0.2) is 17.0 Å². The van der Waals surface area contributed by atoms with E-state index in [1.54, 1.807) is 0 Å². The number of alkyl halides is 2. The lowest BCUT2D eigenvalue weighted by molar-refractivity contribution is -0.198. The van der Waals surface area contributed by atoms with Crippen LogP contribution in [0.3, 0.4) is 0 Å². The SMILES string of the molecule is O=C(O)C1(C2CC2)CC(F)(F)C1. The highest BCUT2D eigenvalue weighted by Gasteiger charge is 2.66. The van der Waals surface area contributed by atoms with E-state index < -0.39 is 30.1 Å². The fourth-order valence-corrected chi connectivity index (χ4v) is 2.12. The molecule has 0 unspecified atom stereocenters. The number of carboxylic acids is 1. The summed E-state index contributed by atoms with van der Waals surface area (Å²) in [7, 11) is 0. The molecule has 0 atom stereocenters. The van der Waals surface area contributed by atoms with Gasteiger partial charge in [-0.05, 0) is 18.8 Å². The third-order valence-corrected chi connectivity index (χ3v) is 2.93. The van der Waals surface area contributed by atoms with Crippen LogP contribution in [0.25, 0.3) is 0 Å². The van der Waals surface area contributed by atoms with E-state index in [2.05, 4.69) is 0 Å². The first kappa shape index (κ1) is 7.95. The van der Waals surface area contributed by atoms with Crippen molar-refractivity contribution in [2.75, 3.05) is 0 Å². The summed E-state index contributed by atoms with van der Waals surface area (Å²) in [4.78, 5) is 10.7. The first-order valence-corrected chi connectivity index (χ1v) is 4.08. The highest BCUT2D eigenvalue weighted by molar-refractivity contribution is 5.77. The van der Waals surface area contributed by atoms with Crippen molar-refractivity contribution in [3.8, 4) is 0 Å². The summed E-state index contributed by atoms with van der Waals surface area (Å²) < 4.78 is 25.0. The largest absolute Gasteiger partial charge is 0.481 e. The van der Waals surface area contributed by atoms with Gasteiger partial charge in [-0.15, -0.1) is 0 Å². The molecule has 0 aliphatic heterocycles. The van der Waals surface area contributed by atoms with Crippen LogP contribution in [0.1, 0.15) is 25.7 Å². The summed E-state index contributed by atoms with van der Waals surface area (Å²) in [6.07, 6.45) is 0.727. The molecule has 2 saturated carbocycles. The lowest BCUT2D eigenvalue weighted by Crippen LogP contribution is -2.52. The first-order valence-electron chi connectivity index (χ1n) is 4.08. The second-order valence-electron chi connectivity index (χ2n) is 3.95. The zero-order valence-corrected chi connectivity index (χ0v) is 6.52. The molecule has 2 rings (SSSR count). The molecular weight excluding hydrogens is 166 g/mol. The number of hydrogen-bond donors (Lipinski definition) is 1. The second kappa shape index (κ2) is 1.98. The molecule has 2 nitrogen and oxygen atoms in total. The molecule has 4 heteroatoms. The molecule has 0 heterocycles. The second-order valence-corrected chi connectivity index (χ2v) is 3.95. The number of carbonyl (C=O) groups is 1. The van der Waals surface area contributed by atoms with Crippen molar-refractivity contribution in [2.24, 2.45) is 11.3 Å². The van der Waals surface area contributed by atoms with Crippen LogP contribution in [0.2, 0.25) is 0 Å². The molecule has 2 fully saturated rings. The van der Waals surface area contributed by atoms with E-state index in [4.69, 9.17) is 5.11 Å². The first-order chi connectivity index (χ1) is 5.46. The van der Waals surface area contributed by atoms with Gasteiger partial charge in [0, 0.05) is 12.8 Å². The number of carboxylic acid groups (broad SMARTS) is 1. The Morgan fingerprint density at radius 1 is 1.33 bits per heavy atom. The maximum absolute atomic E-state index is 12.5. The van der Waals surface area contributed by atoms with Gasteiger partial charge in [0.15, 0.2) is 0 Å². The van der Waals surface area contributed by atoms with E-state index in [-0.39, 0.29) is 5.92 Å². The minimum absolute atomic E-state index is 0.0228. The van der Waals surface area contributed by atoms with Crippen LogP contribution in [0.5, 0.6) is 0 Å². The minimum atomic E-state index is -2.72. The maximum atomic E-state index is 12.5. The maximum Gasteiger partial charge on any atom is 0.310 e. The van der Waals surface area contributed by atoms with E-state index in [0.29, 0.717) is 0 Å². The average molecular weight is 176 g/mol. The number of aliphatic carboxylic acids is 1. The van der Waals surface area contributed by atoms with Gasteiger partial charge in [0.25, 0.3) is 0 Å². The van der Waals surface area contributed by atoms with E-state index >= 15 is 0 Å². The lowest BCUT2D eigenvalue weighted by Gasteiger charge is -2.44. The van der Waals surface area contributed by atoms with Crippen LogP contribution < -0.4 is 0 Å². The molecule has 0 saturated heterocycles. The third-order valence-electron chi connectivity index (χ3n) is 2.93. The minimum Gasteiger partial charge on any atom is -0.481 e. The van der Waals surface area contributed by atoms with Crippen molar-refractivity contribution in [3.05, 3.63) is 0 Å². The number of rotatable bonds is 2. The Labute approximate surface area is 68.6 Å². The van der Waals surface area contributed by atoms with Crippen molar-refractivity contribution >= 4 is 5.97 Å². The van der Waals surface area contributed by atoms with Crippen molar-refractivity contribution < 1.29 is 18.7 Å². The molecule has 0 bridgehead atoms. The van der Waals surface area contributed by atoms with Crippen molar-refractivity contribution in [1.29, 1.82) is 0 Å². The van der Waals surface area contributed by atoms with Crippen molar-refractivity contribution in [2.45, 2.75) is 31.6 Å². The van der Waals surface area contributed by atoms with Gasteiger partial charge in [0.1, 0.15) is 0 Å². The molecule has 0 amide bonds. The van der Waals surface area contributed by atoms with Crippen LogP contribution in [0.4, 0.5) is 8.78 Å². The quantitative estimate of drug-likeness (QED) is 0.697. The Balaban J connectivity index is 2.12. The molecule has 0 aromatic heterocycles. The van der Waals surface area contributed by atoms with Gasteiger partial charge in [-0.1, -0.05) is 0 Å². The van der Waals surface area contributed by atoms with Gasteiger partial charge in [0.05, 0.1) is 5.41 Å². The summed E-state index contributed by atoms with van der Waals surface area (Å²) >= 11 is 0. The van der Waals surface area contributed by atoms with Gasteiger partial charge < -0.3 is 5.11 Å². The van der Waals surface area contributed by atoms with Crippen LogP contribution >= 0.6 is 0 Å². The Morgan fingerprint density at radius 3 is 2.08 bits per heavy atom. The molecule has 0 aromatic carbocycles. The van der Waals surface area contributed by atoms with E-state index in [9.17, 15) is 13.6 Å². The van der Waals surface area contributed by atoms with Crippen molar-refractivity contribution in [1.82, 2.24) is 0 Å². The number of halogens is 2. The fourth-order valence-electron chi connectivity index (χ4n) is 2.12. The molecule has 2 aliphatic rings. The Kier molecular flexibility index (Phi) is 1.31. The molecule has 0 radical (unpaired) electrons.